The molecular weight excluding hydrogens is 196 g/mol. The van der Waals surface area contributed by atoms with Gasteiger partial charge < -0.3 is 0 Å². The van der Waals surface area contributed by atoms with Crippen LogP contribution in [0.25, 0.3) is 0 Å². The van der Waals surface area contributed by atoms with E-state index in [1.54, 1.807) is 0 Å². The van der Waals surface area contributed by atoms with E-state index in [9.17, 15) is 5.26 Å². The number of benzene rings is 1. The lowest BCUT2D eigenvalue weighted by atomic mass is 9.89. The Morgan fingerprint density at radius 2 is 1.88 bits per heavy atom. The highest BCUT2D eigenvalue weighted by Crippen LogP contribution is 2.25. The van der Waals surface area contributed by atoms with Crippen LogP contribution >= 0.6 is 0 Å². The third-order valence-corrected chi connectivity index (χ3v) is 3.08. The van der Waals surface area contributed by atoms with E-state index >= 15 is 0 Å². The molecule has 2 unspecified atom stereocenters. The van der Waals surface area contributed by atoms with Crippen molar-refractivity contribution in [3.63, 3.8) is 0 Å². The number of likely N-dealkylation sites (N-methyl/N-ethyl adjacent to an activating group) is 1. The predicted molar refractivity (Wildman–Crippen MR) is 67.4 cm³/mol. The summed E-state index contributed by atoms with van der Waals surface area (Å²) >= 11 is 0. The van der Waals surface area contributed by atoms with Gasteiger partial charge in [0, 0.05) is 5.92 Å². The molecule has 2 heteroatoms. The molecule has 0 amide bonds. The Labute approximate surface area is 98.5 Å². The molecule has 2 atom stereocenters. The Morgan fingerprint density at radius 3 is 2.31 bits per heavy atom. The fraction of sp³-hybridized carbons (Fsp3) is 0.500. The molecule has 16 heavy (non-hydrogen) atoms. The third-order valence-electron chi connectivity index (χ3n) is 3.08. The van der Waals surface area contributed by atoms with Crippen LogP contribution in [0.4, 0.5) is 0 Å². The van der Waals surface area contributed by atoms with Crippen molar-refractivity contribution in [2.75, 3.05) is 14.1 Å². The molecule has 0 aliphatic rings. The highest BCUT2D eigenvalue weighted by atomic mass is 15.1. The molecule has 0 aliphatic heterocycles. The van der Waals surface area contributed by atoms with E-state index in [2.05, 4.69) is 45.0 Å². The topological polar surface area (TPSA) is 27.0 Å². The molecule has 0 aromatic heterocycles. The summed E-state index contributed by atoms with van der Waals surface area (Å²) in [5, 5.41) is 9.18. The fourth-order valence-electron chi connectivity index (χ4n) is 2.18. The number of hydrogen-bond donors (Lipinski definition) is 0. The Hall–Kier alpha value is -1.33. The van der Waals surface area contributed by atoms with E-state index in [1.165, 1.54) is 16.7 Å². The molecule has 0 saturated carbocycles. The van der Waals surface area contributed by atoms with Gasteiger partial charge in [-0.2, -0.15) is 5.26 Å². The standard InChI is InChI=1S/C14H20N2/c1-10-6-7-13(11(2)8-10)12(3)14(9-15)16(4)5/h6-8,12,14H,1-5H3. The molecule has 1 rings (SSSR count). The molecule has 2 nitrogen and oxygen atoms in total. The van der Waals surface area contributed by atoms with Crippen molar-refractivity contribution in [2.24, 2.45) is 0 Å². The van der Waals surface area contributed by atoms with Gasteiger partial charge in [0.2, 0.25) is 0 Å². The van der Waals surface area contributed by atoms with E-state index in [1.807, 2.05) is 19.0 Å². The molecule has 0 bridgehead atoms. The van der Waals surface area contributed by atoms with Crippen LogP contribution < -0.4 is 0 Å². The smallest absolute Gasteiger partial charge is 0.104 e. The maximum absolute atomic E-state index is 9.18. The molecule has 0 radical (unpaired) electrons. The first-order valence-corrected chi connectivity index (χ1v) is 5.60. The highest BCUT2D eigenvalue weighted by molar-refractivity contribution is 5.34. The Kier molecular flexibility index (Phi) is 4.09. The largest absolute Gasteiger partial charge is 0.294 e. The van der Waals surface area contributed by atoms with Crippen molar-refractivity contribution in [3.8, 4) is 6.07 Å². The summed E-state index contributed by atoms with van der Waals surface area (Å²) in [7, 11) is 3.90. The van der Waals surface area contributed by atoms with Gasteiger partial charge in [-0.1, -0.05) is 30.7 Å². The highest BCUT2D eigenvalue weighted by Gasteiger charge is 2.21. The van der Waals surface area contributed by atoms with Gasteiger partial charge in [-0.25, -0.2) is 0 Å². The second-order valence-electron chi connectivity index (χ2n) is 4.69. The van der Waals surface area contributed by atoms with Crippen LogP contribution in [0.2, 0.25) is 0 Å². The van der Waals surface area contributed by atoms with Gasteiger partial charge in [0.1, 0.15) is 6.04 Å². The Balaban J connectivity index is 3.05. The number of rotatable bonds is 3. The Morgan fingerprint density at radius 1 is 1.25 bits per heavy atom. The first kappa shape index (κ1) is 12.7. The van der Waals surface area contributed by atoms with Gasteiger partial charge in [0.05, 0.1) is 6.07 Å². The first-order chi connectivity index (χ1) is 7.47. The molecule has 0 saturated heterocycles. The molecule has 0 N–H and O–H groups in total. The second-order valence-corrected chi connectivity index (χ2v) is 4.69. The summed E-state index contributed by atoms with van der Waals surface area (Å²) in [5.74, 6) is 0.237. The lowest BCUT2D eigenvalue weighted by Gasteiger charge is -2.25. The first-order valence-electron chi connectivity index (χ1n) is 5.60. The molecule has 0 spiro atoms. The van der Waals surface area contributed by atoms with E-state index < -0.39 is 0 Å². The Bertz CT molecular complexity index is 402. The minimum atomic E-state index is -0.0681. The summed E-state index contributed by atoms with van der Waals surface area (Å²) in [5.41, 5.74) is 3.81. The molecule has 0 heterocycles. The molecule has 86 valence electrons. The summed E-state index contributed by atoms with van der Waals surface area (Å²) in [6.07, 6.45) is 0. The van der Waals surface area contributed by atoms with E-state index in [-0.39, 0.29) is 12.0 Å². The van der Waals surface area contributed by atoms with Crippen molar-refractivity contribution in [1.29, 1.82) is 5.26 Å². The predicted octanol–water partition coefficient (Wildman–Crippen LogP) is 2.86. The van der Waals surface area contributed by atoms with Crippen molar-refractivity contribution < 1.29 is 0 Å². The fourth-order valence-corrected chi connectivity index (χ4v) is 2.18. The van der Waals surface area contributed by atoms with Crippen molar-refractivity contribution in [2.45, 2.75) is 32.7 Å². The van der Waals surface area contributed by atoms with Crippen molar-refractivity contribution in [1.82, 2.24) is 4.90 Å². The van der Waals surface area contributed by atoms with Gasteiger partial charge in [-0.3, -0.25) is 4.90 Å². The van der Waals surface area contributed by atoms with Crippen LogP contribution in [-0.2, 0) is 0 Å². The summed E-state index contributed by atoms with van der Waals surface area (Å²) in [6.45, 7) is 6.32. The second kappa shape index (κ2) is 5.14. The third kappa shape index (κ3) is 2.62. The van der Waals surface area contributed by atoms with E-state index in [0.29, 0.717) is 0 Å². The van der Waals surface area contributed by atoms with Gasteiger partial charge in [-0.15, -0.1) is 0 Å². The van der Waals surface area contributed by atoms with Crippen LogP contribution in [0.15, 0.2) is 18.2 Å². The van der Waals surface area contributed by atoms with Gasteiger partial charge in [-0.05, 0) is 39.1 Å². The maximum atomic E-state index is 9.18. The van der Waals surface area contributed by atoms with Crippen LogP contribution in [0.3, 0.4) is 0 Å². The summed E-state index contributed by atoms with van der Waals surface area (Å²) < 4.78 is 0. The molecule has 0 fully saturated rings. The van der Waals surface area contributed by atoms with E-state index in [0.717, 1.165) is 0 Å². The van der Waals surface area contributed by atoms with E-state index in [4.69, 9.17) is 0 Å². The molecule has 1 aromatic carbocycles. The molecule has 0 aliphatic carbocycles. The zero-order valence-corrected chi connectivity index (χ0v) is 10.8. The minimum absolute atomic E-state index is 0.0681. The zero-order chi connectivity index (χ0) is 12.3. The number of nitrogens with zero attached hydrogens (tertiary/aromatic N) is 2. The van der Waals surface area contributed by atoms with Gasteiger partial charge >= 0.3 is 0 Å². The van der Waals surface area contributed by atoms with Gasteiger partial charge in [0.25, 0.3) is 0 Å². The zero-order valence-electron chi connectivity index (χ0n) is 10.8. The number of hydrogen-bond acceptors (Lipinski definition) is 2. The SMILES string of the molecule is Cc1ccc(C(C)C(C#N)N(C)C)c(C)c1. The monoisotopic (exact) mass is 216 g/mol. The van der Waals surface area contributed by atoms with Crippen LogP contribution in [0.5, 0.6) is 0 Å². The van der Waals surface area contributed by atoms with Crippen LogP contribution in [-0.4, -0.2) is 25.0 Å². The summed E-state index contributed by atoms with van der Waals surface area (Å²) in [4.78, 5) is 1.98. The average Bonchev–Trinajstić information content (AvgIpc) is 2.17. The minimum Gasteiger partial charge on any atom is -0.294 e. The quantitative estimate of drug-likeness (QED) is 0.777. The molecule has 1 aromatic rings. The van der Waals surface area contributed by atoms with Crippen LogP contribution in [0.1, 0.15) is 29.5 Å². The normalized spacial score (nSPS) is 14.6. The summed E-state index contributed by atoms with van der Waals surface area (Å²) in [6, 6.07) is 8.73. The average molecular weight is 216 g/mol. The number of nitriles is 1. The maximum Gasteiger partial charge on any atom is 0.104 e. The lowest BCUT2D eigenvalue weighted by Crippen LogP contribution is -2.31. The van der Waals surface area contributed by atoms with Crippen molar-refractivity contribution >= 4 is 0 Å². The number of aryl methyl sites for hydroxylation is 2. The van der Waals surface area contributed by atoms with Gasteiger partial charge in [0.15, 0.2) is 0 Å². The lowest BCUT2D eigenvalue weighted by molar-refractivity contribution is 0.316. The molecular formula is C14H20N2. The van der Waals surface area contributed by atoms with Crippen LogP contribution in [0, 0.1) is 25.2 Å². The van der Waals surface area contributed by atoms with Crippen molar-refractivity contribution in [3.05, 3.63) is 34.9 Å².